The minimum atomic E-state index is -0.876. The van der Waals surface area contributed by atoms with Crippen molar-refractivity contribution in [3.63, 3.8) is 0 Å². The second kappa shape index (κ2) is 9.04. The number of nitrogens with one attached hydrogen (secondary N) is 1. The number of rotatable bonds is 7. The van der Waals surface area contributed by atoms with Gasteiger partial charge in [0.2, 0.25) is 0 Å². The van der Waals surface area contributed by atoms with Gasteiger partial charge in [-0.1, -0.05) is 18.2 Å². The average molecular weight is 387 g/mol. The Morgan fingerprint density at radius 2 is 1.89 bits per heavy atom. The van der Waals surface area contributed by atoms with Crippen LogP contribution in [-0.2, 0) is 33.7 Å². The number of carbonyl (C=O) groups is 2. The third kappa shape index (κ3) is 5.57. The lowest BCUT2D eigenvalue weighted by Crippen LogP contribution is -2.35. The zero-order valence-electron chi connectivity index (χ0n) is 15.2. The Hall–Kier alpha value is -2.34. The SMILES string of the molecule is CC(OC(=O)CSc1ccc2c(c1)CCC2)C(=O)NCc1ccc(F)cc1. The molecule has 0 aliphatic heterocycles. The Morgan fingerprint density at radius 3 is 2.67 bits per heavy atom. The zero-order chi connectivity index (χ0) is 19.2. The molecule has 3 rings (SSSR count). The molecule has 0 saturated heterocycles. The molecule has 1 aliphatic rings. The standard InChI is InChI=1S/C21H22FNO3S/c1-14(21(25)23-12-15-5-8-18(22)9-6-15)26-20(24)13-27-19-10-7-16-3-2-4-17(16)11-19/h5-11,14H,2-4,12-13H2,1H3,(H,23,25). The molecule has 27 heavy (non-hydrogen) atoms. The van der Waals surface area contributed by atoms with Gasteiger partial charge in [-0.05, 0) is 67.1 Å². The molecule has 1 atom stereocenters. The molecule has 2 aromatic carbocycles. The average Bonchev–Trinajstić information content (AvgIpc) is 3.13. The molecule has 1 N–H and O–H groups in total. The van der Waals surface area contributed by atoms with Crippen LogP contribution in [0.25, 0.3) is 0 Å². The van der Waals surface area contributed by atoms with Gasteiger partial charge in [-0.25, -0.2) is 4.39 Å². The van der Waals surface area contributed by atoms with Crippen molar-refractivity contribution in [3.05, 3.63) is 65.0 Å². The molecular weight excluding hydrogens is 365 g/mol. The molecule has 0 fully saturated rings. The molecule has 4 nitrogen and oxygen atoms in total. The number of fused-ring (bicyclic) bond motifs is 1. The van der Waals surface area contributed by atoms with Crippen LogP contribution >= 0.6 is 11.8 Å². The van der Waals surface area contributed by atoms with Crippen molar-refractivity contribution >= 4 is 23.6 Å². The lowest BCUT2D eigenvalue weighted by atomic mass is 10.1. The van der Waals surface area contributed by atoms with Gasteiger partial charge in [0.15, 0.2) is 6.10 Å². The predicted molar refractivity (Wildman–Crippen MR) is 103 cm³/mol. The van der Waals surface area contributed by atoms with E-state index < -0.39 is 12.1 Å². The summed E-state index contributed by atoms with van der Waals surface area (Å²) in [5, 5.41) is 2.68. The van der Waals surface area contributed by atoms with Crippen LogP contribution < -0.4 is 5.32 Å². The number of hydrogen-bond donors (Lipinski definition) is 1. The van der Waals surface area contributed by atoms with Crippen molar-refractivity contribution in [1.82, 2.24) is 5.32 Å². The Kier molecular flexibility index (Phi) is 6.50. The summed E-state index contributed by atoms with van der Waals surface area (Å²) < 4.78 is 18.1. The highest BCUT2D eigenvalue weighted by Gasteiger charge is 2.18. The number of amides is 1. The minimum absolute atomic E-state index is 0.161. The van der Waals surface area contributed by atoms with Crippen LogP contribution in [0.5, 0.6) is 0 Å². The molecule has 0 aromatic heterocycles. The number of esters is 1. The lowest BCUT2D eigenvalue weighted by Gasteiger charge is -2.13. The fourth-order valence-electron chi connectivity index (χ4n) is 3.00. The first kappa shape index (κ1) is 19.4. The van der Waals surface area contributed by atoms with E-state index >= 15 is 0 Å². The molecule has 0 radical (unpaired) electrons. The van der Waals surface area contributed by atoms with Gasteiger partial charge in [0.05, 0.1) is 5.75 Å². The van der Waals surface area contributed by atoms with E-state index in [4.69, 9.17) is 4.74 Å². The first-order valence-electron chi connectivity index (χ1n) is 8.97. The van der Waals surface area contributed by atoms with Gasteiger partial charge in [0, 0.05) is 11.4 Å². The maximum atomic E-state index is 12.9. The number of halogens is 1. The van der Waals surface area contributed by atoms with Crippen LogP contribution in [0.3, 0.4) is 0 Å². The van der Waals surface area contributed by atoms with Crippen LogP contribution in [0.1, 0.15) is 30.0 Å². The lowest BCUT2D eigenvalue weighted by molar-refractivity contribution is -0.152. The van der Waals surface area contributed by atoms with Crippen LogP contribution in [0.15, 0.2) is 47.4 Å². The molecule has 2 aromatic rings. The van der Waals surface area contributed by atoms with Crippen molar-refractivity contribution in [3.8, 4) is 0 Å². The summed E-state index contributed by atoms with van der Waals surface area (Å²) in [5.41, 5.74) is 3.53. The highest BCUT2D eigenvalue weighted by molar-refractivity contribution is 8.00. The molecule has 1 amide bonds. The second-order valence-corrected chi connectivity index (χ2v) is 7.60. The normalized spacial score (nSPS) is 13.7. The van der Waals surface area contributed by atoms with Gasteiger partial charge in [0.25, 0.3) is 5.91 Å². The Bertz CT molecular complexity index is 823. The van der Waals surface area contributed by atoms with Crippen molar-refractivity contribution in [2.75, 3.05) is 5.75 Å². The number of ether oxygens (including phenoxy) is 1. The number of aryl methyl sites for hydroxylation is 2. The largest absolute Gasteiger partial charge is 0.452 e. The third-order valence-corrected chi connectivity index (χ3v) is 5.45. The van der Waals surface area contributed by atoms with Crippen LogP contribution in [-0.4, -0.2) is 23.7 Å². The number of carbonyl (C=O) groups excluding carboxylic acids is 2. The van der Waals surface area contributed by atoms with E-state index in [0.29, 0.717) is 0 Å². The molecule has 0 bridgehead atoms. The smallest absolute Gasteiger partial charge is 0.317 e. The molecule has 0 spiro atoms. The van der Waals surface area contributed by atoms with Gasteiger partial charge in [-0.3, -0.25) is 9.59 Å². The first-order chi connectivity index (χ1) is 13.0. The summed E-state index contributed by atoms with van der Waals surface area (Å²) in [5.74, 6) is -0.970. The van der Waals surface area contributed by atoms with Gasteiger partial charge in [0.1, 0.15) is 5.82 Å². The van der Waals surface area contributed by atoms with E-state index in [1.54, 1.807) is 12.1 Å². The quantitative estimate of drug-likeness (QED) is 0.582. The Balaban J connectivity index is 1.41. The molecule has 1 aliphatic carbocycles. The van der Waals surface area contributed by atoms with Crippen molar-refractivity contribution in [2.24, 2.45) is 0 Å². The first-order valence-corrected chi connectivity index (χ1v) is 9.96. The van der Waals surface area contributed by atoms with Crippen LogP contribution in [0.2, 0.25) is 0 Å². The molecule has 1 unspecified atom stereocenters. The zero-order valence-corrected chi connectivity index (χ0v) is 16.0. The second-order valence-electron chi connectivity index (χ2n) is 6.55. The van der Waals surface area contributed by atoms with Gasteiger partial charge >= 0.3 is 5.97 Å². The molecular formula is C21H22FNO3S. The fraction of sp³-hybridized carbons (Fsp3) is 0.333. The van der Waals surface area contributed by atoms with Crippen LogP contribution in [0, 0.1) is 5.82 Å². The molecule has 0 heterocycles. The van der Waals surface area contributed by atoms with E-state index in [0.717, 1.165) is 23.3 Å². The predicted octanol–water partition coefficient (Wildman–Crippen LogP) is 3.65. The molecule has 0 saturated carbocycles. The topological polar surface area (TPSA) is 55.4 Å². The van der Waals surface area contributed by atoms with Gasteiger partial charge in [-0.2, -0.15) is 0 Å². The molecule has 6 heteroatoms. The minimum Gasteiger partial charge on any atom is -0.452 e. The van der Waals surface area contributed by atoms with E-state index in [1.165, 1.54) is 48.4 Å². The van der Waals surface area contributed by atoms with E-state index in [9.17, 15) is 14.0 Å². The van der Waals surface area contributed by atoms with Crippen molar-refractivity contribution < 1.29 is 18.7 Å². The van der Waals surface area contributed by atoms with Crippen molar-refractivity contribution in [2.45, 2.75) is 43.7 Å². The number of thioether (sulfide) groups is 1. The summed E-state index contributed by atoms with van der Waals surface area (Å²) >= 11 is 1.42. The summed E-state index contributed by atoms with van der Waals surface area (Å²) in [7, 11) is 0. The monoisotopic (exact) mass is 387 g/mol. The number of benzene rings is 2. The summed E-state index contributed by atoms with van der Waals surface area (Å²) in [6, 6.07) is 12.2. The highest BCUT2D eigenvalue weighted by atomic mass is 32.2. The maximum Gasteiger partial charge on any atom is 0.317 e. The van der Waals surface area contributed by atoms with Crippen LogP contribution in [0.4, 0.5) is 4.39 Å². The van der Waals surface area contributed by atoms with E-state index in [1.807, 2.05) is 6.07 Å². The highest BCUT2D eigenvalue weighted by Crippen LogP contribution is 2.27. The Morgan fingerprint density at radius 1 is 1.15 bits per heavy atom. The molecule has 142 valence electrons. The summed E-state index contributed by atoms with van der Waals surface area (Å²) in [6.07, 6.45) is 2.54. The van der Waals surface area contributed by atoms with E-state index in [2.05, 4.69) is 17.4 Å². The van der Waals surface area contributed by atoms with Gasteiger partial charge in [-0.15, -0.1) is 11.8 Å². The van der Waals surface area contributed by atoms with Gasteiger partial charge < -0.3 is 10.1 Å². The third-order valence-electron chi connectivity index (χ3n) is 4.48. The fourth-order valence-corrected chi connectivity index (χ4v) is 3.74. The maximum absolute atomic E-state index is 12.9. The van der Waals surface area contributed by atoms with E-state index in [-0.39, 0.29) is 24.0 Å². The summed E-state index contributed by atoms with van der Waals surface area (Å²) in [4.78, 5) is 25.1. The summed E-state index contributed by atoms with van der Waals surface area (Å²) in [6.45, 7) is 1.79. The van der Waals surface area contributed by atoms with Crippen molar-refractivity contribution in [1.29, 1.82) is 0 Å². The Labute approximate surface area is 162 Å². The number of hydrogen-bond acceptors (Lipinski definition) is 4.